The molecule has 72 heavy (non-hydrogen) atoms. The van der Waals surface area contributed by atoms with Gasteiger partial charge in [-0.1, -0.05) is 9.21 Å². The van der Waals surface area contributed by atoms with Gasteiger partial charge in [0.25, 0.3) is 25.3 Å². The molecule has 32 heteroatoms. The zero-order chi connectivity index (χ0) is 52.3. The SMILES string of the molecule is COCCOCCON1P(OCCOCCOC)N=P(OCCOCCOC)(OCCOCCOC)N(OCCOCCOC)P(OCCOCCOC)N(OCCOCCOC)P1OCCOCCOC. The van der Waals surface area contributed by atoms with Crippen molar-refractivity contribution < 1.29 is 113 Å². The lowest BCUT2D eigenvalue weighted by molar-refractivity contribution is -0.116. The molecule has 0 radical (unpaired) electrons. The molecule has 0 aliphatic carbocycles. The highest BCUT2D eigenvalue weighted by molar-refractivity contribution is 7.78. The highest BCUT2D eigenvalue weighted by Crippen LogP contribution is 2.79. The minimum absolute atomic E-state index is 0.00521. The molecule has 0 fully saturated rings. The second kappa shape index (κ2) is 53.4. The highest BCUT2D eigenvalue weighted by atomic mass is 31.3. The summed E-state index contributed by atoms with van der Waals surface area (Å²) in [6.45, 7) is 6.43. The van der Waals surface area contributed by atoms with Crippen molar-refractivity contribution in [3.63, 3.8) is 0 Å². The van der Waals surface area contributed by atoms with Crippen LogP contribution in [0.2, 0.25) is 0 Å². The molecule has 0 saturated heterocycles. The number of ether oxygens (including phenoxy) is 16. The Kier molecular flexibility index (Phi) is 52.3. The molecule has 0 amide bonds. The van der Waals surface area contributed by atoms with Gasteiger partial charge in [-0.2, -0.15) is 4.52 Å². The monoisotopic (exact) mass is 1130 g/mol. The van der Waals surface area contributed by atoms with Crippen molar-refractivity contribution in [1.29, 1.82) is 0 Å². The van der Waals surface area contributed by atoms with Gasteiger partial charge >= 0.3 is 7.66 Å². The Labute approximate surface area is 431 Å². The van der Waals surface area contributed by atoms with E-state index in [1.165, 1.54) is 13.8 Å². The summed E-state index contributed by atoms with van der Waals surface area (Å²) in [6, 6.07) is 0. The van der Waals surface area contributed by atoms with Gasteiger partial charge < -0.3 is 98.4 Å². The van der Waals surface area contributed by atoms with Crippen LogP contribution in [0.15, 0.2) is 4.52 Å². The quantitative estimate of drug-likeness (QED) is 0.0622. The lowest BCUT2D eigenvalue weighted by Gasteiger charge is -2.46. The average molecular weight is 1130 g/mol. The fourth-order valence-corrected chi connectivity index (χ4v) is 15.0. The summed E-state index contributed by atoms with van der Waals surface area (Å²) in [5.41, 5.74) is 0. The van der Waals surface area contributed by atoms with Crippen molar-refractivity contribution in [2.45, 2.75) is 0 Å². The standard InChI is InChI=1S/C40H88N4O24P4/c1-45-9-17-53-25-33-61-42-69(64-36-28-56-20-12-48-4)41-72(67-39-31-59-23-15-51-7,68-40-32-60-24-16-52-8)44(63-35-27-55-19-11-47-3)71(66-38-30-58-22-14-50-6)43(62-34-26-54-18-10-46-2)70(42)65-37-29-57-21-13-49-5/h9-40H2,1-8H3. The summed E-state index contributed by atoms with van der Waals surface area (Å²) in [5, 5.41) is 0. The molecular formula is C40H88N4O24P4. The van der Waals surface area contributed by atoms with Crippen LogP contribution in [0.25, 0.3) is 0 Å². The van der Waals surface area contributed by atoms with Gasteiger partial charge in [-0.25, -0.2) is 0 Å². The van der Waals surface area contributed by atoms with Crippen molar-refractivity contribution in [3.8, 4) is 0 Å². The smallest absolute Gasteiger partial charge is 0.328 e. The Morgan fingerprint density at radius 2 is 0.556 bits per heavy atom. The van der Waals surface area contributed by atoms with E-state index in [9.17, 15) is 0 Å². The fraction of sp³-hybridized carbons (Fsp3) is 1.00. The molecule has 0 aromatic carbocycles. The van der Waals surface area contributed by atoms with Crippen LogP contribution in [0.1, 0.15) is 0 Å². The van der Waals surface area contributed by atoms with Crippen LogP contribution >= 0.6 is 33.0 Å². The van der Waals surface area contributed by atoms with Crippen molar-refractivity contribution in [3.05, 3.63) is 0 Å². The Hall–Kier alpha value is 0.440. The molecular weight excluding hydrogens is 1040 g/mol. The van der Waals surface area contributed by atoms with Gasteiger partial charge in [0.1, 0.15) is 0 Å². The van der Waals surface area contributed by atoms with Gasteiger partial charge in [-0.3, -0.25) is 14.5 Å². The molecule has 1 aliphatic heterocycles. The molecule has 0 spiro atoms. The number of rotatable bonds is 56. The van der Waals surface area contributed by atoms with Crippen molar-refractivity contribution in [2.24, 2.45) is 4.52 Å². The van der Waals surface area contributed by atoms with Gasteiger partial charge in [-0.05, 0) is 4.60 Å². The number of nitrogens with zero attached hydrogens (tertiary/aromatic N) is 4. The van der Waals surface area contributed by atoms with Crippen LogP contribution in [-0.4, -0.2) is 282 Å². The Morgan fingerprint density at radius 3 is 0.917 bits per heavy atom. The third kappa shape index (κ3) is 35.8. The van der Waals surface area contributed by atoms with E-state index in [2.05, 4.69) is 0 Å². The predicted octanol–water partition coefficient (Wildman–Crippen LogP) is 3.71. The molecule has 28 nitrogen and oxygen atoms in total. The van der Waals surface area contributed by atoms with E-state index in [1.807, 2.05) is 0 Å². The molecule has 0 saturated carbocycles. The molecule has 0 N–H and O–H groups in total. The first-order chi connectivity index (χ1) is 35.5. The van der Waals surface area contributed by atoms with Crippen LogP contribution in [0, 0.1) is 0 Å². The molecule has 1 rings (SSSR count). The molecule has 3 unspecified atom stereocenters. The highest BCUT2D eigenvalue weighted by Gasteiger charge is 2.54. The van der Waals surface area contributed by atoms with Gasteiger partial charge in [0.15, 0.2) is 0 Å². The summed E-state index contributed by atoms with van der Waals surface area (Å²) in [5.74, 6) is 0. The number of hydrogen-bond donors (Lipinski definition) is 0. The largest absolute Gasteiger partial charge is 0.382 e. The Balaban J connectivity index is 4.35. The van der Waals surface area contributed by atoms with Crippen LogP contribution in [0.5, 0.6) is 0 Å². The summed E-state index contributed by atoms with van der Waals surface area (Å²) in [6.07, 6.45) is 0. The van der Waals surface area contributed by atoms with Crippen molar-refractivity contribution in [1.82, 2.24) is 13.8 Å². The van der Waals surface area contributed by atoms with E-state index >= 15 is 0 Å². The molecule has 1 heterocycles. The van der Waals surface area contributed by atoms with E-state index in [0.717, 1.165) is 0 Å². The molecule has 3 atom stereocenters. The summed E-state index contributed by atoms with van der Waals surface area (Å²) in [7, 11) is 1.63. The van der Waals surface area contributed by atoms with E-state index in [4.69, 9.17) is 117 Å². The first-order valence-electron chi connectivity index (χ1n) is 23.6. The zero-order valence-corrected chi connectivity index (χ0v) is 47.6. The topological polar surface area (TPSA) is 244 Å². The van der Waals surface area contributed by atoms with E-state index in [-0.39, 0.29) is 106 Å². The Bertz CT molecular complexity index is 1180. The number of methoxy groups -OCH3 is 8. The average Bonchev–Trinajstić information content (AvgIpc) is 3.38. The van der Waals surface area contributed by atoms with E-state index in [0.29, 0.717) is 106 Å². The van der Waals surface area contributed by atoms with Crippen LogP contribution in [-0.2, 0) is 113 Å². The van der Waals surface area contributed by atoms with Gasteiger partial charge in [0.05, 0.1) is 211 Å². The maximum Gasteiger partial charge on any atom is 0.328 e. The van der Waals surface area contributed by atoms with Crippen LogP contribution in [0.3, 0.4) is 0 Å². The van der Waals surface area contributed by atoms with E-state index < -0.39 is 33.0 Å². The minimum Gasteiger partial charge on any atom is -0.382 e. The van der Waals surface area contributed by atoms with Gasteiger partial charge in [0, 0.05) is 56.9 Å². The zero-order valence-electron chi connectivity index (χ0n) is 44.0. The second-order valence-corrected chi connectivity index (χ2v) is 21.2. The summed E-state index contributed by atoms with van der Waals surface area (Å²) >= 11 is 0. The first kappa shape index (κ1) is 70.5. The summed E-state index contributed by atoms with van der Waals surface area (Å²) < 4.78 is 133. The fourth-order valence-electron chi connectivity index (χ4n) is 4.76. The van der Waals surface area contributed by atoms with Gasteiger partial charge in [0.2, 0.25) is 0 Å². The predicted molar refractivity (Wildman–Crippen MR) is 265 cm³/mol. The van der Waals surface area contributed by atoms with E-state index in [1.54, 1.807) is 56.9 Å². The molecule has 0 aromatic rings. The lowest BCUT2D eigenvalue weighted by atomic mass is 10.7. The third-order valence-electron chi connectivity index (χ3n) is 8.17. The van der Waals surface area contributed by atoms with Crippen molar-refractivity contribution >= 4 is 33.0 Å². The molecule has 432 valence electrons. The van der Waals surface area contributed by atoms with Crippen LogP contribution in [0.4, 0.5) is 0 Å². The molecule has 1 aliphatic rings. The lowest BCUT2D eigenvalue weighted by Crippen LogP contribution is -2.36. The Morgan fingerprint density at radius 1 is 0.278 bits per heavy atom. The maximum atomic E-state index is 6.90. The minimum atomic E-state index is -4.05. The normalized spacial score (nSPS) is 18.0. The molecule has 0 aromatic heterocycles. The second-order valence-electron chi connectivity index (χ2n) is 13.6. The van der Waals surface area contributed by atoms with Crippen LogP contribution < -0.4 is 0 Å². The maximum absolute atomic E-state index is 6.90. The van der Waals surface area contributed by atoms with Gasteiger partial charge in [-0.15, -0.1) is 0 Å². The van der Waals surface area contributed by atoms with Crippen molar-refractivity contribution in [2.75, 3.05) is 268 Å². The first-order valence-corrected chi connectivity index (χ1v) is 28.6. The summed E-state index contributed by atoms with van der Waals surface area (Å²) in [4.78, 5) is 20.2. The third-order valence-corrected chi connectivity index (χ3v) is 17.5. The number of hydrogen-bond acceptors (Lipinski definition) is 28. The molecule has 0 bridgehead atoms.